The third-order valence-electron chi connectivity index (χ3n) is 7.71. The summed E-state index contributed by atoms with van der Waals surface area (Å²) < 4.78 is 12.1. The van der Waals surface area contributed by atoms with Gasteiger partial charge in [0.2, 0.25) is 0 Å². The molecule has 0 radical (unpaired) electrons. The monoisotopic (exact) mass is 520 g/mol. The molecule has 0 spiro atoms. The second-order valence-corrected chi connectivity index (χ2v) is 10.3. The molecule has 3 fully saturated rings. The topological polar surface area (TPSA) is 113 Å². The van der Waals surface area contributed by atoms with Crippen molar-refractivity contribution in [3.63, 3.8) is 0 Å². The van der Waals surface area contributed by atoms with Crippen molar-refractivity contribution in [3.8, 4) is 5.75 Å². The number of fused-ring (bicyclic) bond motifs is 3. The van der Waals surface area contributed by atoms with Crippen LogP contribution in [0, 0.1) is 0 Å². The molecule has 1 N–H and O–H groups in total. The highest BCUT2D eigenvalue weighted by Crippen LogP contribution is 2.34. The van der Waals surface area contributed by atoms with Crippen LogP contribution in [-0.4, -0.2) is 70.2 Å². The van der Waals surface area contributed by atoms with E-state index < -0.39 is 6.04 Å². The van der Waals surface area contributed by atoms with E-state index in [0.717, 1.165) is 30.8 Å². The van der Waals surface area contributed by atoms with Gasteiger partial charge in [-0.2, -0.15) is 0 Å². The molecule has 2 bridgehead atoms. The molecule has 2 aromatic carbocycles. The number of hydrogen-bond acceptors (Lipinski definition) is 7. The van der Waals surface area contributed by atoms with Crippen molar-refractivity contribution in [2.45, 2.75) is 70.1 Å². The molecule has 1 saturated carbocycles. The summed E-state index contributed by atoms with van der Waals surface area (Å²) in [5, 5.41) is 6.89. The lowest BCUT2D eigenvalue weighted by Crippen LogP contribution is -2.44. The largest absolute Gasteiger partial charge is 0.489 e. The predicted octanol–water partition coefficient (Wildman–Crippen LogP) is 2.98. The summed E-state index contributed by atoms with van der Waals surface area (Å²) in [6, 6.07) is 13.5. The van der Waals surface area contributed by atoms with Crippen LogP contribution in [0.25, 0.3) is 0 Å². The normalized spacial score (nSPS) is 24.6. The van der Waals surface area contributed by atoms with Crippen molar-refractivity contribution in [2.24, 2.45) is 0 Å². The van der Waals surface area contributed by atoms with Gasteiger partial charge >= 0.3 is 0 Å². The van der Waals surface area contributed by atoms with Crippen LogP contribution in [0.4, 0.5) is 0 Å². The Morgan fingerprint density at radius 1 is 0.974 bits per heavy atom. The summed E-state index contributed by atoms with van der Waals surface area (Å²) in [4.78, 5) is 49.5. The van der Waals surface area contributed by atoms with E-state index in [2.05, 4.69) is 29.2 Å². The zero-order valence-electron chi connectivity index (χ0n) is 21.2. The maximum Gasteiger partial charge on any atom is 0.290 e. The van der Waals surface area contributed by atoms with E-state index in [4.69, 9.17) is 19.4 Å². The number of ketones is 2. The van der Waals surface area contributed by atoms with Crippen LogP contribution >= 0.6 is 0 Å². The molecule has 1 amide bonds. The minimum absolute atomic E-state index is 0.0393. The van der Waals surface area contributed by atoms with Crippen LogP contribution in [0.1, 0.15) is 59.2 Å². The number of nitrogens with zero attached hydrogens (tertiary/aromatic N) is 2. The summed E-state index contributed by atoms with van der Waals surface area (Å²) >= 11 is 0. The van der Waals surface area contributed by atoms with E-state index in [-0.39, 0.29) is 30.4 Å². The van der Waals surface area contributed by atoms with Crippen molar-refractivity contribution in [1.82, 2.24) is 9.80 Å². The second-order valence-electron chi connectivity index (χ2n) is 10.3. The third-order valence-corrected chi connectivity index (χ3v) is 7.71. The summed E-state index contributed by atoms with van der Waals surface area (Å²) in [6.07, 6.45) is 3.85. The van der Waals surface area contributed by atoms with Crippen LogP contribution in [0.3, 0.4) is 0 Å². The van der Waals surface area contributed by atoms with Gasteiger partial charge in [-0.05, 0) is 42.5 Å². The maximum atomic E-state index is 13.0. The fourth-order valence-corrected chi connectivity index (χ4v) is 5.89. The van der Waals surface area contributed by atoms with Crippen molar-refractivity contribution >= 4 is 23.9 Å². The number of carbonyl (C=O) groups is 4. The molecule has 0 aromatic heterocycles. The smallest absolute Gasteiger partial charge is 0.290 e. The van der Waals surface area contributed by atoms with E-state index in [1.54, 1.807) is 11.0 Å². The van der Waals surface area contributed by atoms with Gasteiger partial charge in [-0.25, -0.2) is 0 Å². The van der Waals surface area contributed by atoms with Gasteiger partial charge in [-0.1, -0.05) is 30.3 Å². The molecule has 3 unspecified atom stereocenters. The third kappa shape index (κ3) is 5.63. The second kappa shape index (κ2) is 11.4. The zero-order chi connectivity index (χ0) is 26.6. The Morgan fingerprint density at radius 3 is 2.34 bits per heavy atom. The number of hydrogen-bond donors (Lipinski definition) is 1. The molecule has 38 heavy (non-hydrogen) atoms. The number of carboxylic acid groups (broad SMARTS) is 1. The number of ether oxygens (including phenoxy) is 2. The first kappa shape index (κ1) is 26.1. The molecule has 3 atom stereocenters. The average Bonchev–Trinajstić information content (AvgIpc) is 3.42. The highest BCUT2D eigenvalue weighted by atomic mass is 16.5. The van der Waals surface area contributed by atoms with Gasteiger partial charge in [0, 0.05) is 37.2 Å². The molecule has 1 aliphatic carbocycles. The van der Waals surface area contributed by atoms with Gasteiger partial charge in [0.05, 0.1) is 31.2 Å². The van der Waals surface area contributed by atoms with E-state index in [1.165, 1.54) is 18.4 Å². The lowest BCUT2D eigenvalue weighted by atomic mass is 9.92. The number of morpholine rings is 1. The standard InChI is InChI=1S/C28H30N2O5.CH2O2/c31-20-8-11-25(26(32)12-20)30-16-24-23(28(30)33)2-1-3-27(24)34-17-19-6-4-18(5-7-19)13-29-14-21-9-10-22(15-29)35-21;2-1-3/h1-7,21-22,25H,8-17H2;1H,(H,2,3). The fraction of sp³-hybridized carbons (Fsp3) is 0.448. The Bertz CT molecular complexity index is 1200. The number of Topliss-reactive ketones (excluding diaryl/α,β-unsaturated/α-hetero) is 2. The number of carbonyl (C=O) groups excluding carboxylic acids is 3. The summed E-state index contributed by atoms with van der Waals surface area (Å²) in [5.74, 6) is 0.321. The SMILES string of the molecule is O=C1CCC(N2Cc3c(OCc4ccc(CN5CC6CCC(C5)O6)cc4)cccc3C2=O)C(=O)C1.O=CO. The Morgan fingerprint density at radius 2 is 1.66 bits per heavy atom. The summed E-state index contributed by atoms with van der Waals surface area (Å²) in [6.45, 7) is 3.46. The van der Waals surface area contributed by atoms with Crippen LogP contribution in [0.5, 0.6) is 5.75 Å². The number of benzene rings is 2. The van der Waals surface area contributed by atoms with Crippen molar-refractivity contribution < 1.29 is 33.8 Å². The van der Waals surface area contributed by atoms with E-state index >= 15 is 0 Å². The van der Waals surface area contributed by atoms with Gasteiger partial charge in [-0.3, -0.25) is 24.1 Å². The number of rotatable bonds is 6. The Kier molecular flexibility index (Phi) is 7.85. The molecule has 2 saturated heterocycles. The predicted molar refractivity (Wildman–Crippen MR) is 137 cm³/mol. The molecular weight excluding hydrogens is 488 g/mol. The fourth-order valence-electron chi connectivity index (χ4n) is 5.89. The molecular formula is C29H32N2O7. The first-order chi connectivity index (χ1) is 18.4. The van der Waals surface area contributed by atoms with Crippen LogP contribution in [0.15, 0.2) is 42.5 Å². The van der Waals surface area contributed by atoms with E-state index in [9.17, 15) is 14.4 Å². The highest BCUT2D eigenvalue weighted by Gasteiger charge is 2.40. The molecule has 9 heteroatoms. The summed E-state index contributed by atoms with van der Waals surface area (Å²) in [5.41, 5.74) is 3.76. The van der Waals surface area contributed by atoms with Crippen LogP contribution in [0.2, 0.25) is 0 Å². The lowest BCUT2D eigenvalue weighted by molar-refractivity contribution is -0.133. The minimum atomic E-state index is -0.519. The van der Waals surface area contributed by atoms with Gasteiger partial charge in [-0.15, -0.1) is 0 Å². The minimum Gasteiger partial charge on any atom is -0.489 e. The molecule has 4 aliphatic rings. The number of likely N-dealkylation sites (tertiary alicyclic amines) is 1. The van der Waals surface area contributed by atoms with Gasteiger partial charge < -0.3 is 19.5 Å². The van der Waals surface area contributed by atoms with Gasteiger partial charge in [0.1, 0.15) is 18.1 Å². The molecule has 3 heterocycles. The maximum absolute atomic E-state index is 13.0. The molecule has 3 aliphatic heterocycles. The van der Waals surface area contributed by atoms with Gasteiger partial charge in [0.25, 0.3) is 12.4 Å². The van der Waals surface area contributed by atoms with Crippen LogP contribution < -0.4 is 4.74 Å². The molecule has 6 rings (SSSR count). The van der Waals surface area contributed by atoms with Gasteiger partial charge in [0.15, 0.2) is 5.78 Å². The van der Waals surface area contributed by atoms with E-state index in [1.807, 2.05) is 12.1 Å². The molecule has 9 nitrogen and oxygen atoms in total. The Balaban J connectivity index is 0.000000937. The van der Waals surface area contributed by atoms with E-state index in [0.29, 0.717) is 49.5 Å². The quantitative estimate of drug-likeness (QED) is 0.457. The first-order valence-electron chi connectivity index (χ1n) is 13.1. The average molecular weight is 521 g/mol. The molecule has 200 valence electrons. The highest BCUT2D eigenvalue weighted by molar-refractivity contribution is 6.07. The molecule has 2 aromatic rings. The Hall–Kier alpha value is -3.56. The number of amides is 1. The van der Waals surface area contributed by atoms with Crippen LogP contribution in [-0.2, 0) is 38.8 Å². The van der Waals surface area contributed by atoms with Crippen molar-refractivity contribution in [3.05, 3.63) is 64.7 Å². The van der Waals surface area contributed by atoms with Crippen molar-refractivity contribution in [1.29, 1.82) is 0 Å². The Labute approximate surface area is 221 Å². The lowest BCUT2D eigenvalue weighted by Gasteiger charge is -2.32. The first-order valence-corrected chi connectivity index (χ1v) is 13.1. The summed E-state index contributed by atoms with van der Waals surface area (Å²) in [7, 11) is 0. The van der Waals surface area contributed by atoms with Crippen molar-refractivity contribution in [2.75, 3.05) is 13.1 Å². The zero-order valence-corrected chi connectivity index (χ0v) is 21.2.